The van der Waals surface area contributed by atoms with Crippen molar-refractivity contribution in [3.05, 3.63) is 36.1 Å². The van der Waals surface area contributed by atoms with Crippen LogP contribution in [0.3, 0.4) is 0 Å². The molecule has 1 N–H and O–H groups in total. The minimum atomic E-state index is -0.613. The minimum Gasteiger partial charge on any atom is -0.504 e. The van der Waals surface area contributed by atoms with Gasteiger partial charge in [-0.2, -0.15) is 0 Å². The molecule has 0 heterocycles. The zero-order valence-electron chi connectivity index (χ0n) is 12.3. The number of benzene rings is 1. The van der Waals surface area contributed by atoms with Gasteiger partial charge in [0.25, 0.3) is 0 Å². The molecule has 0 bridgehead atoms. The number of aromatic hydroxyl groups is 1. The topological polar surface area (TPSA) is 55.8 Å². The van der Waals surface area contributed by atoms with Crippen molar-refractivity contribution < 1.29 is 19.4 Å². The van der Waals surface area contributed by atoms with Crippen molar-refractivity contribution in [2.45, 2.75) is 33.6 Å². The van der Waals surface area contributed by atoms with Gasteiger partial charge in [-0.3, -0.25) is 0 Å². The number of rotatable bonds is 7. The van der Waals surface area contributed by atoms with Crippen LogP contribution in [0.15, 0.2) is 30.5 Å². The maximum Gasteiger partial charge on any atom is 0.373 e. The van der Waals surface area contributed by atoms with Gasteiger partial charge < -0.3 is 14.6 Å². The van der Waals surface area contributed by atoms with E-state index in [0.29, 0.717) is 12.5 Å². The summed E-state index contributed by atoms with van der Waals surface area (Å²) in [7, 11) is 0. The van der Waals surface area contributed by atoms with Crippen molar-refractivity contribution in [1.29, 1.82) is 0 Å². The molecule has 20 heavy (non-hydrogen) atoms. The Hall–Kier alpha value is -1.97. The maximum atomic E-state index is 11.5. The highest BCUT2D eigenvalue weighted by atomic mass is 16.6. The van der Waals surface area contributed by atoms with Crippen LogP contribution in [0, 0.1) is 5.92 Å². The molecule has 1 rings (SSSR count). The molecule has 0 saturated heterocycles. The van der Waals surface area contributed by atoms with E-state index in [9.17, 15) is 9.90 Å². The Morgan fingerprint density at radius 2 is 2.10 bits per heavy atom. The molecule has 4 nitrogen and oxygen atoms in total. The van der Waals surface area contributed by atoms with Gasteiger partial charge in [-0.25, -0.2) is 4.79 Å². The predicted molar refractivity (Wildman–Crippen MR) is 77.7 cm³/mol. The van der Waals surface area contributed by atoms with Crippen LogP contribution in [-0.2, 0) is 16.0 Å². The zero-order chi connectivity index (χ0) is 15.1. The van der Waals surface area contributed by atoms with Gasteiger partial charge in [0.15, 0.2) is 11.5 Å². The highest BCUT2D eigenvalue weighted by Gasteiger charge is 2.13. The van der Waals surface area contributed by atoms with Crippen LogP contribution >= 0.6 is 0 Å². The molecule has 0 saturated carbocycles. The third-order valence-electron chi connectivity index (χ3n) is 2.57. The van der Waals surface area contributed by atoms with E-state index in [4.69, 9.17) is 9.47 Å². The van der Waals surface area contributed by atoms with E-state index >= 15 is 0 Å². The number of phenols is 1. The first-order valence-electron chi connectivity index (χ1n) is 6.79. The Balaban J connectivity index is 2.68. The van der Waals surface area contributed by atoms with Gasteiger partial charge >= 0.3 is 5.97 Å². The third-order valence-corrected chi connectivity index (χ3v) is 2.57. The third kappa shape index (κ3) is 4.96. The van der Waals surface area contributed by atoms with E-state index in [1.54, 1.807) is 12.1 Å². The quantitative estimate of drug-likeness (QED) is 0.471. The Kier molecular flexibility index (Phi) is 6.10. The monoisotopic (exact) mass is 278 g/mol. The van der Waals surface area contributed by atoms with E-state index in [-0.39, 0.29) is 17.3 Å². The average Bonchev–Trinajstić information content (AvgIpc) is 2.38. The molecule has 0 aromatic heterocycles. The van der Waals surface area contributed by atoms with Crippen LogP contribution in [0.25, 0.3) is 0 Å². The van der Waals surface area contributed by atoms with E-state index in [1.165, 1.54) is 0 Å². The Bertz CT molecular complexity index is 477. The average molecular weight is 278 g/mol. The molecular weight excluding hydrogens is 256 g/mol. The largest absolute Gasteiger partial charge is 0.504 e. The van der Waals surface area contributed by atoms with Crippen LogP contribution in [0.1, 0.15) is 32.8 Å². The van der Waals surface area contributed by atoms with E-state index in [2.05, 4.69) is 20.4 Å². The summed E-state index contributed by atoms with van der Waals surface area (Å²) < 4.78 is 10.1. The lowest BCUT2D eigenvalue weighted by atomic mass is 10.0. The second-order valence-electron chi connectivity index (χ2n) is 5.06. The summed E-state index contributed by atoms with van der Waals surface area (Å²) in [5.74, 6) is -0.0495. The lowest BCUT2D eigenvalue weighted by Gasteiger charge is -2.11. The minimum absolute atomic E-state index is 0.00686. The number of phenolic OH excluding ortho intramolecular Hbond substituents is 1. The van der Waals surface area contributed by atoms with Crippen LogP contribution in [0.2, 0.25) is 0 Å². The number of ether oxygens (including phenoxy) is 2. The molecule has 0 unspecified atom stereocenters. The van der Waals surface area contributed by atoms with Gasteiger partial charge in [-0.15, -0.1) is 0 Å². The SMILES string of the molecule is C=C(Oc1ccc(CC(C)C)cc1O)C(=O)OCCC. The normalized spacial score (nSPS) is 10.4. The fourth-order valence-corrected chi connectivity index (χ4v) is 1.70. The van der Waals surface area contributed by atoms with Gasteiger partial charge in [-0.1, -0.05) is 26.8 Å². The first kappa shape index (κ1) is 16.1. The standard InChI is InChI=1S/C16H22O4/c1-5-8-19-16(18)12(4)20-15-7-6-13(9-11(2)3)10-14(15)17/h6-7,10-11,17H,4-5,8-9H2,1-3H3. The first-order chi connectivity index (χ1) is 9.43. The smallest absolute Gasteiger partial charge is 0.373 e. The van der Waals surface area contributed by atoms with Crippen molar-refractivity contribution in [1.82, 2.24) is 0 Å². The van der Waals surface area contributed by atoms with Crippen LogP contribution in [0.4, 0.5) is 0 Å². The molecule has 0 spiro atoms. The molecule has 110 valence electrons. The molecule has 0 fully saturated rings. The van der Waals surface area contributed by atoms with Gasteiger partial charge in [0.1, 0.15) is 0 Å². The molecule has 0 aliphatic carbocycles. The summed E-state index contributed by atoms with van der Waals surface area (Å²) in [5.41, 5.74) is 1.02. The van der Waals surface area contributed by atoms with Crippen LogP contribution in [0.5, 0.6) is 11.5 Å². The Morgan fingerprint density at radius 3 is 2.65 bits per heavy atom. The van der Waals surface area contributed by atoms with Gasteiger partial charge in [0.2, 0.25) is 5.76 Å². The molecule has 4 heteroatoms. The highest BCUT2D eigenvalue weighted by Crippen LogP contribution is 2.29. The van der Waals surface area contributed by atoms with E-state index in [0.717, 1.165) is 18.4 Å². The molecule has 0 atom stereocenters. The molecule has 1 aromatic carbocycles. The van der Waals surface area contributed by atoms with Crippen molar-refractivity contribution in [2.75, 3.05) is 6.61 Å². The van der Waals surface area contributed by atoms with Crippen molar-refractivity contribution in [2.24, 2.45) is 5.92 Å². The number of hydrogen-bond acceptors (Lipinski definition) is 4. The number of carbonyl (C=O) groups is 1. The van der Waals surface area contributed by atoms with Crippen molar-refractivity contribution >= 4 is 5.97 Å². The Morgan fingerprint density at radius 1 is 1.40 bits per heavy atom. The fraction of sp³-hybridized carbons (Fsp3) is 0.438. The zero-order valence-corrected chi connectivity index (χ0v) is 12.3. The summed E-state index contributed by atoms with van der Waals surface area (Å²) in [6.07, 6.45) is 1.60. The fourth-order valence-electron chi connectivity index (χ4n) is 1.70. The second kappa shape index (κ2) is 7.58. The van der Waals surface area contributed by atoms with E-state index < -0.39 is 5.97 Å². The molecule has 1 aromatic rings. The maximum absolute atomic E-state index is 11.5. The Labute approximate surface area is 120 Å². The van der Waals surface area contributed by atoms with E-state index in [1.807, 2.05) is 13.0 Å². The molecule has 0 amide bonds. The highest BCUT2D eigenvalue weighted by molar-refractivity contribution is 5.86. The van der Waals surface area contributed by atoms with Crippen LogP contribution < -0.4 is 4.74 Å². The first-order valence-corrected chi connectivity index (χ1v) is 6.79. The van der Waals surface area contributed by atoms with Crippen molar-refractivity contribution in [3.63, 3.8) is 0 Å². The predicted octanol–water partition coefficient (Wildman–Crippen LogP) is 3.44. The summed E-state index contributed by atoms with van der Waals surface area (Å²) in [5, 5.41) is 9.89. The molecule has 0 radical (unpaired) electrons. The lowest BCUT2D eigenvalue weighted by molar-refractivity contribution is -0.141. The number of esters is 1. The lowest BCUT2D eigenvalue weighted by Crippen LogP contribution is -2.12. The van der Waals surface area contributed by atoms with Gasteiger partial charge in [0.05, 0.1) is 6.61 Å². The summed E-state index contributed by atoms with van der Waals surface area (Å²) >= 11 is 0. The summed E-state index contributed by atoms with van der Waals surface area (Å²) in [6, 6.07) is 5.13. The molecule has 0 aliphatic heterocycles. The summed E-state index contributed by atoms with van der Waals surface area (Å²) in [4.78, 5) is 11.5. The van der Waals surface area contributed by atoms with Crippen LogP contribution in [-0.4, -0.2) is 17.7 Å². The molecule has 0 aliphatic rings. The number of carbonyl (C=O) groups excluding carboxylic acids is 1. The summed E-state index contributed by atoms with van der Waals surface area (Å²) in [6.45, 7) is 9.93. The van der Waals surface area contributed by atoms with Crippen molar-refractivity contribution in [3.8, 4) is 11.5 Å². The number of hydrogen-bond donors (Lipinski definition) is 1. The van der Waals surface area contributed by atoms with Gasteiger partial charge in [0, 0.05) is 0 Å². The molecular formula is C16H22O4. The second-order valence-corrected chi connectivity index (χ2v) is 5.06. The van der Waals surface area contributed by atoms with Gasteiger partial charge in [-0.05, 0) is 43.0 Å².